The zero-order chi connectivity index (χ0) is 14.6. The van der Waals surface area contributed by atoms with Crippen LogP contribution in [0, 0.1) is 6.92 Å². The maximum atomic E-state index is 12.1. The van der Waals surface area contributed by atoms with Crippen LogP contribution in [0.5, 0.6) is 0 Å². The summed E-state index contributed by atoms with van der Waals surface area (Å²) in [6.07, 6.45) is 3.01. The van der Waals surface area contributed by atoms with Crippen molar-refractivity contribution in [3.63, 3.8) is 0 Å². The Morgan fingerprint density at radius 2 is 1.95 bits per heavy atom. The van der Waals surface area contributed by atoms with Gasteiger partial charge in [-0.3, -0.25) is 4.68 Å². The largest absolute Gasteiger partial charge is 0.272 e. The molecule has 5 nitrogen and oxygen atoms in total. The number of aryl methyl sites for hydroxylation is 2. The second-order valence-electron chi connectivity index (χ2n) is 4.70. The van der Waals surface area contributed by atoms with Crippen molar-refractivity contribution in [3.05, 3.63) is 47.8 Å². The van der Waals surface area contributed by atoms with Gasteiger partial charge in [-0.2, -0.15) is 5.10 Å². The van der Waals surface area contributed by atoms with Gasteiger partial charge in [0.25, 0.3) is 0 Å². The van der Waals surface area contributed by atoms with E-state index in [0.717, 1.165) is 12.8 Å². The Balaban J connectivity index is 1.89. The minimum atomic E-state index is -3.46. The Morgan fingerprint density at radius 3 is 2.55 bits per heavy atom. The molecule has 0 amide bonds. The third kappa shape index (κ3) is 3.46. The normalized spacial score (nSPS) is 11.7. The summed E-state index contributed by atoms with van der Waals surface area (Å²) >= 11 is 0. The van der Waals surface area contributed by atoms with Gasteiger partial charge in [-0.15, -0.1) is 0 Å². The van der Waals surface area contributed by atoms with E-state index in [2.05, 4.69) is 9.82 Å². The van der Waals surface area contributed by atoms with Crippen LogP contribution in [0.2, 0.25) is 0 Å². The smallest absolute Gasteiger partial charge is 0.243 e. The summed E-state index contributed by atoms with van der Waals surface area (Å²) < 4.78 is 28.4. The molecule has 6 heteroatoms. The molecule has 0 atom stereocenters. The third-order valence-corrected chi connectivity index (χ3v) is 4.82. The number of hydrogen-bond donors (Lipinski definition) is 1. The molecule has 2 rings (SSSR count). The van der Waals surface area contributed by atoms with E-state index in [1.165, 1.54) is 11.8 Å². The highest BCUT2D eigenvalue weighted by atomic mass is 32.2. The van der Waals surface area contributed by atoms with Crippen molar-refractivity contribution in [1.82, 2.24) is 14.5 Å². The number of hydrogen-bond acceptors (Lipinski definition) is 3. The topological polar surface area (TPSA) is 64.0 Å². The Kier molecular flexibility index (Phi) is 4.57. The van der Waals surface area contributed by atoms with Crippen molar-refractivity contribution in [2.45, 2.75) is 24.7 Å². The van der Waals surface area contributed by atoms with Crippen LogP contribution in [0.25, 0.3) is 0 Å². The highest BCUT2D eigenvalue weighted by Crippen LogP contribution is 2.12. The first kappa shape index (κ1) is 14.7. The fourth-order valence-electron chi connectivity index (χ4n) is 1.96. The standard InChI is InChI=1S/C14H19N3O2S/c1-12-14(11-15-17(12)2)20(18,19)16-10-6-9-13-7-4-3-5-8-13/h3-5,7-8,11,16H,6,9-10H2,1-2H3. The first-order valence-electron chi connectivity index (χ1n) is 6.53. The summed E-state index contributed by atoms with van der Waals surface area (Å²) in [5.41, 5.74) is 1.85. The quantitative estimate of drug-likeness (QED) is 0.824. The second kappa shape index (κ2) is 6.19. The van der Waals surface area contributed by atoms with E-state index in [-0.39, 0.29) is 4.90 Å². The van der Waals surface area contributed by atoms with Crippen LogP contribution >= 0.6 is 0 Å². The Morgan fingerprint density at radius 1 is 1.25 bits per heavy atom. The molecule has 0 unspecified atom stereocenters. The molecule has 0 bridgehead atoms. The van der Waals surface area contributed by atoms with Gasteiger partial charge in [-0.1, -0.05) is 30.3 Å². The molecule has 20 heavy (non-hydrogen) atoms. The predicted molar refractivity (Wildman–Crippen MR) is 77.9 cm³/mol. The molecule has 1 aromatic heterocycles. The Labute approximate surface area is 119 Å². The van der Waals surface area contributed by atoms with Crippen molar-refractivity contribution < 1.29 is 8.42 Å². The maximum absolute atomic E-state index is 12.1. The Hall–Kier alpha value is -1.66. The molecular formula is C14H19N3O2S. The zero-order valence-electron chi connectivity index (χ0n) is 11.7. The van der Waals surface area contributed by atoms with Gasteiger partial charge in [0.05, 0.1) is 11.9 Å². The van der Waals surface area contributed by atoms with Crippen LogP contribution in [-0.4, -0.2) is 24.7 Å². The summed E-state index contributed by atoms with van der Waals surface area (Å²) in [5, 5.41) is 3.96. The van der Waals surface area contributed by atoms with Gasteiger partial charge < -0.3 is 0 Å². The molecule has 0 aliphatic carbocycles. The average Bonchev–Trinajstić information content (AvgIpc) is 2.77. The van der Waals surface area contributed by atoms with E-state index in [9.17, 15) is 8.42 Å². The van der Waals surface area contributed by atoms with Gasteiger partial charge in [-0.25, -0.2) is 13.1 Å². The number of rotatable bonds is 6. The second-order valence-corrected chi connectivity index (χ2v) is 6.44. The van der Waals surface area contributed by atoms with Gasteiger partial charge in [0.1, 0.15) is 4.90 Å². The summed E-state index contributed by atoms with van der Waals surface area (Å²) in [4.78, 5) is 0.250. The highest BCUT2D eigenvalue weighted by Gasteiger charge is 2.19. The summed E-state index contributed by atoms with van der Waals surface area (Å²) in [7, 11) is -1.73. The van der Waals surface area contributed by atoms with E-state index >= 15 is 0 Å². The molecule has 1 aromatic carbocycles. The van der Waals surface area contributed by atoms with E-state index in [1.807, 2.05) is 30.3 Å². The monoisotopic (exact) mass is 293 g/mol. The van der Waals surface area contributed by atoms with Gasteiger partial charge in [-0.05, 0) is 25.3 Å². The van der Waals surface area contributed by atoms with Crippen molar-refractivity contribution in [2.75, 3.05) is 6.54 Å². The molecule has 0 spiro atoms. The first-order valence-corrected chi connectivity index (χ1v) is 8.01. The molecule has 0 aliphatic heterocycles. The lowest BCUT2D eigenvalue weighted by Crippen LogP contribution is -2.25. The molecule has 108 valence electrons. The van der Waals surface area contributed by atoms with E-state index in [0.29, 0.717) is 12.2 Å². The average molecular weight is 293 g/mol. The van der Waals surface area contributed by atoms with Crippen LogP contribution in [0.1, 0.15) is 17.7 Å². The molecule has 2 aromatic rings. The van der Waals surface area contributed by atoms with Gasteiger partial charge >= 0.3 is 0 Å². The SMILES string of the molecule is Cc1c(S(=O)(=O)NCCCc2ccccc2)cnn1C. The van der Waals surface area contributed by atoms with Crippen LogP contribution < -0.4 is 4.72 Å². The van der Waals surface area contributed by atoms with Crippen LogP contribution in [0.3, 0.4) is 0 Å². The first-order chi connectivity index (χ1) is 9.50. The third-order valence-electron chi connectivity index (χ3n) is 3.26. The number of nitrogens with zero attached hydrogens (tertiary/aromatic N) is 2. The number of benzene rings is 1. The van der Waals surface area contributed by atoms with E-state index in [4.69, 9.17) is 0 Å². The summed E-state index contributed by atoms with van der Waals surface area (Å²) in [6, 6.07) is 10.0. The Bertz CT molecular complexity index is 663. The van der Waals surface area contributed by atoms with Gasteiger partial charge in [0.15, 0.2) is 0 Å². The van der Waals surface area contributed by atoms with E-state index in [1.54, 1.807) is 18.7 Å². The fourth-order valence-corrected chi connectivity index (χ4v) is 3.24. The lowest BCUT2D eigenvalue weighted by atomic mass is 10.1. The molecule has 0 radical (unpaired) electrons. The summed E-state index contributed by atoms with van der Waals surface area (Å²) in [5.74, 6) is 0. The van der Waals surface area contributed by atoms with Crippen LogP contribution in [0.15, 0.2) is 41.4 Å². The molecule has 0 aliphatic rings. The highest BCUT2D eigenvalue weighted by molar-refractivity contribution is 7.89. The lowest BCUT2D eigenvalue weighted by molar-refractivity contribution is 0.578. The minimum Gasteiger partial charge on any atom is -0.272 e. The lowest BCUT2D eigenvalue weighted by Gasteiger charge is -2.06. The van der Waals surface area contributed by atoms with Crippen molar-refractivity contribution >= 4 is 10.0 Å². The van der Waals surface area contributed by atoms with Gasteiger partial charge in [0.2, 0.25) is 10.0 Å². The minimum absolute atomic E-state index is 0.250. The van der Waals surface area contributed by atoms with Crippen molar-refractivity contribution in [3.8, 4) is 0 Å². The maximum Gasteiger partial charge on any atom is 0.243 e. The van der Waals surface area contributed by atoms with Gasteiger partial charge in [0, 0.05) is 13.6 Å². The molecular weight excluding hydrogens is 274 g/mol. The van der Waals surface area contributed by atoms with Crippen LogP contribution in [-0.2, 0) is 23.5 Å². The molecule has 0 saturated heterocycles. The van der Waals surface area contributed by atoms with Crippen LogP contribution in [0.4, 0.5) is 0 Å². The van der Waals surface area contributed by atoms with E-state index < -0.39 is 10.0 Å². The summed E-state index contributed by atoms with van der Waals surface area (Å²) in [6.45, 7) is 2.16. The number of aromatic nitrogens is 2. The number of sulfonamides is 1. The fraction of sp³-hybridized carbons (Fsp3) is 0.357. The molecule has 0 saturated carbocycles. The number of nitrogens with one attached hydrogen (secondary N) is 1. The molecule has 0 fully saturated rings. The predicted octanol–water partition coefficient (Wildman–Crippen LogP) is 1.64. The molecule has 1 N–H and O–H groups in total. The van der Waals surface area contributed by atoms with Crippen molar-refractivity contribution in [1.29, 1.82) is 0 Å². The van der Waals surface area contributed by atoms with Crippen molar-refractivity contribution in [2.24, 2.45) is 7.05 Å². The zero-order valence-corrected chi connectivity index (χ0v) is 12.5. The molecule has 1 heterocycles.